The Morgan fingerprint density at radius 3 is 2.64 bits per heavy atom. The quantitative estimate of drug-likeness (QED) is 0.766. The molecule has 5 heteroatoms. The molecule has 1 N–H and O–H groups in total. The smallest absolute Gasteiger partial charge is 0.210 e. The molecule has 112 valence electrons. The second-order valence-electron chi connectivity index (χ2n) is 5.06. The zero-order valence-corrected chi connectivity index (χ0v) is 13.6. The first kappa shape index (κ1) is 14.5. The van der Waals surface area contributed by atoms with E-state index in [4.69, 9.17) is 4.74 Å². The Labute approximate surface area is 133 Å². The molecule has 1 aromatic heterocycles. The van der Waals surface area contributed by atoms with Crippen molar-refractivity contribution in [3.63, 3.8) is 0 Å². The number of ether oxygens (including phenoxy) is 1. The molecular formula is C17H17N3OS. The number of nitrogens with zero attached hydrogens (tertiary/aromatic N) is 2. The van der Waals surface area contributed by atoms with Crippen LogP contribution in [0.1, 0.15) is 11.1 Å². The molecule has 0 aliphatic rings. The lowest BCUT2D eigenvalue weighted by Crippen LogP contribution is -1.94. The monoisotopic (exact) mass is 311 g/mol. The van der Waals surface area contributed by atoms with Gasteiger partial charge in [-0.25, -0.2) is 0 Å². The average molecular weight is 311 g/mol. The van der Waals surface area contributed by atoms with Crippen molar-refractivity contribution in [2.75, 3.05) is 12.4 Å². The van der Waals surface area contributed by atoms with E-state index in [1.807, 2.05) is 37.3 Å². The van der Waals surface area contributed by atoms with Gasteiger partial charge in [-0.2, -0.15) is 0 Å². The van der Waals surface area contributed by atoms with Gasteiger partial charge in [0.1, 0.15) is 10.8 Å². The van der Waals surface area contributed by atoms with Crippen LogP contribution in [0, 0.1) is 13.8 Å². The molecule has 0 amide bonds. The normalized spacial score (nSPS) is 10.5. The molecule has 0 fully saturated rings. The number of hydrogen-bond donors (Lipinski definition) is 1. The molecule has 0 saturated heterocycles. The number of aromatic nitrogens is 2. The van der Waals surface area contributed by atoms with E-state index in [1.165, 1.54) is 16.9 Å². The molecular weight excluding hydrogens is 294 g/mol. The Hall–Kier alpha value is -2.40. The molecule has 0 aliphatic carbocycles. The summed E-state index contributed by atoms with van der Waals surface area (Å²) in [5.74, 6) is 0.790. The Bertz CT molecular complexity index is 798. The molecule has 1 heterocycles. The molecule has 0 unspecified atom stereocenters. The van der Waals surface area contributed by atoms with Crippen LogP contribution in [0.15, 0.2) is 42.5 Å². The molecule has 2 aromatic carbocycles. The lowest BCUT2D eigenvalue weighted by molar-refractivity contribution is 0.416. The summed E-state index contributed by atoms with van der Waals surface area (Å²) in [4.78, 5) is 0. The van der Waals surface area contributed by atoms with Crippen LogP contribution in [0.2, 0.25) is 0 Å². The number of aryl methyl sites for hydroxylation is 2. The number of hydrogen-bond acceptors (Lipinski definition) is 5. The summed E-state index contributed by atoms with van der Waals surface area (Å²) in [5, 5.41) is 13.5. The van der Waals surface area contributed by atoms with Crippen LogP contribution in [0.4, 0.5) is 10.8 Å². The van der Waals surface area contributed by atoms with E-state index in [0.717, 1.165) is 32.7 Å². The largest absolute Gasteiger partial charge is 0.495 e. The molecule has 3 rings (SSSR count). The van der Waals surface area contributed by atoms with Crippen molar-refractivity contribution >= 4 is 22.2 Å². The predicted octanol–water partition coefficient (Wildman–Crippen LogP) is 4.57. The third-order valence-electron chi connectivity index (χ3n) is 3.40. The van der Waals surface area contributed by atoms with E-state index in [0.29, 0.717) is 0 Å². The first-order chi connectivity index (χ1) is 10.7. The van der Waals surface area contributed by atoms with Crippen LogP contribution in [-0.4, -0.2) is 17.3 Å². The fraction of sp³-hybridized carbons (Fsp3) is 0.176. The Morgan fingerprint density at radius 1 is 1.05 bits per heavy atom. The molecule has 0 saturated carbocycles. The van der Waals surface area contributed by atoms with Crippen molar-refractivity contribution in [3.8, 4) is 16.3 Å². The summed E-state index contributed by atoms with van der Waals surface area (Å²) in [6.07, 6.45) is 0. The summed E-state index contributed by atoms with van der Waals surface area (Å²) in [5.41, 5.74) is 4.37. The van der Waals surface area contributed by atoms with Crippen molar-refractivity contribution < 1.29 is 4.74 Å². The minimum Gasteiger partial charge on any atom is -0.495 e. The van der Waals surface area contributed by atoms with E-state index in [9.17, 15) is 0 Å². The first-order valence-corrected chi connectivity index (χ1v) is 7.80. The van der Waals surface area contributed by atoms with Crippen LogP contribution in [0.25, 0.3) is 10.6 Å². The second-order valence-corrected chi connectivity index (χ2v) is 6.03. The lowest BCUT2D eigenvalue weighted by atomic mass is 10.1. The van der Waals surface area contributed by atoms with Crippen LogP contribution in [0.3, 0.4) is 0 Å². The molecule has 22 heavy (non-hydrogen) atoms. The van der Waals surface area contributed by atoms with Gasteiger partial charge in [0.05, 0.1) is 12.8 Å². The number of rotatable bonds is 4. The Balaban J connectivity index is 1.89. The SMILES string of the molecule is COc1ccc(C)cc1Nc1nnc(-c2ccccc2C)s1. The van der Waals surface area contributed by atoms with Crippen LogP contribution in [0.5, 0.6) is 5.75 Å². The molecule has 0 spiro atoms. The number of anilines is 2. The van der Waals surface area contributed by atoms with Crippen molar-refractivity contribution in [1.82, 2.24) is 10.2 Å². The van der Waals surface area contributed by atoms with Crippen LogP contribution in [-0.2, 0) is 0 Å². The maximum atomic E-state index is 5.38. The van der Waals surface area contributed by atoms with Gasteiger partial charge in [-0.05, 0) is 37.1 Å². The van der Waals surface area contributed by atoms with Gasteiger partial charge in [0.15, 0.2) is 0 Å². The Kier molecular flexibility index (Phi) is 4.06. The first-order valence-electron chi connectivity index (χ1n) is 6.98. The van der Waals surface area contributed by atoms with Crippen LogP contribution < -0.4 is 10.1 Å². The van der Waals surface area contributed by atoms with Crippen molar-refractivity contribution in [2.24, 2.45) is 0 Å². The summed E-state index contributed by atoms with van der Waals surface area (Å²) in [7, 11) is 1.66. The topological polar surface area (TPSA) is 47.0 Å². The van der Waals surface area contributed by atoms with Crippen molar-refractivity contribution in [1.29, 1.82) is 0 Å². The zero-order valence-electron chi connectivity index (χ0n) is 12.8. The highest BCUT2D eigenvalue weighted by Crippen LogP contribution is 2.33. The summed E-state index contributed by atoms with van der Waals surface area (Å²) in [6, 6.07) is 14.2. The highest BCUT2D eigenvalue weighted by molar-refractivity contribution is 7.18. The summed E-state index contributed by atoms with van der Waals surface area (Å²) < 4.78 is 5.38. The number of nitrogens with one attached hydrogen (secondary N) is 1. The second kappa shape index (κ2) is 6.15. The minimum absolute atomic E-state index is 0.752. The highest BCUT2D eigenvalue weighted by atomic mass is 32.1. The highest BCUT2D eigenvalue weighted by Gasteiger charge is 2.10. The van der Waals surface area contributed by atoms with E-state index in [1.54, 1.807) is 7.11 Å². The van der Waals surface area contributed by atoms with Gasteiger partial charge in [-0.1, -0.05) is 41.7 Å². The molecule has 3 aromatic rings. The number of methoxy groups -OCH3 is 1. The fourth-order valence-corrected chi connectivity index (χ4v) is 3.08. The molecule has 0 radical (unpaired) electrons. The molecule has 4 nitrogen and oxygen atoms in total. The van der Waals surface area contributed by atoms with Gasteiger partial charge in [-0.3, -0.25) is 0 Å². The van der Waals surface area contributed by atoms with E-state index >= 15 is 0 Å². The Morgan fingerprint density at radius 2 is 1.86 bits per heavy atom. The zero-order chi connectivity index (χ0) is 15.5. The van der Waals surface area contributed by atoms with Gasteiger partial charge in [0.25, 0.3) is 0 Å². The van der Waals surface area contributed by atoms with E-state index in [-0.39, 0.29) is 0 Å². The lowest BCUT2D eigenvalue weighted by Gasteiger charge is -2.09. The van der Waals surface area contributed by atoms with E-state index < -0.39 is 0 Å². The minimum atomic E-state index is 0.752. The molecule has 0 atom stereocenters. The van der Waals surface area contributed by atoms with Crippen molar-refractivity contribution in [3.05, 3.63) is 53.6 Å². The maximum absolute atomic E-state index is 5.38. The van der Waals surface area contributed by atoms with E-state index in [2.05, 4.69) is 34.6 Å². The maximum Gasteiger partial charge on any atom is 0.210 e. The van der Waals surface area contributed by atoms with Gasteiger partial charge >= 0.3 is 0 Å². The van der Waals surface area contributed by atoms with Gasteiger partial charge in [-0.15, -0.1) is 10.2 Å². The molecule has 0 aliphatic heterocycles. The van der Waals surface area contributed by atoms with Crippen LogP contribution >= 0.6 is 11.3 Å². The van der Waals surface area contributed by atoms with Gasteiger partial charge < -0.3 is 10.1 Å². The van der Waals surface area contributed by atoms with Gasteiger partial charge in [0.2, 0.25) is 5.13 Å². The predicted molar refractivity (Wildman–Crippen MR) is 91.1 cm³/mol. The van der Waals surface area contributed by atoms with Crippen molar-refractivity contribution in [2.45, 2.75) is 13.8 Å². The van der Waals surface area contributed by atoms with Gasteiger partial charge in [0, 0.05) is 5.56 Å². The standard InChI is InChI=1S/C17H17N3OS/c1-11-8-9-15(21-3)14(10-11)18-17-20-19-16(22-17)13-7-5-4-6-12(13)2/h4-10H,1-3H3,(H,18,20). The summed E-state index contributed by atoms with van der Waals surface area (Å²) in [6.45, 7) is 4.12. The fourth-order valence-electron chi connectivity index (χ4n) is 2.23. The average Bonchev–Trinajstić information content (AvgIpc) is 2.96. The summed E-state index contributed by atoms with van der Waals surface area (Å²) >= 11 is 1.53. The third-order valence-corrected chi connectivity index (χ3v) is 4.27. The third kappa shape index (κ3) is 2.94. The molecule has 0 bridgehead atoms. The number of benzene rings is 2.